The number of carboxylic acids is 1. The van der Waals surface area contributed by atoms with Crippen LogP contribution >= 0.6 is 0 Å². The van der Waals surface area contributed by atoms with Gasteiger partial charge in [-0.1, -0.05) is 44.9 Å². The third-order valence-electron chi connectivity index (χ3n) is 8.02. The van der Waals surface area contributed by atoms with E-state index in [-0.39, 0.29) is 10.8 Å². The van der Waals surface area contributed by atoms with Gasteiger partial charge in [-0.25, -0.2) is 4.79 Å². The number of hydrogen-bond acceptors (Lipinski definition) is 1. The molecule has 0 heterocycles. The Kier molecular flexibility index (Phi) is 4.86. The predicted molar refractivity (Wildman–Crippen MR) is 96.3 cm³/mol. The molecule has 2 rings (SSSR count). The molecular weight excluding hydrogens is 284 g/mol. The van der Waals surface area contributed by atoms with E-state index in [4.69, 9.17) is 5.11 Å². The predicted octanol–water partition coefficient (Wildman–Crippen LogP) is 5.99. The van der Waals surface area contributed by atoms with Gasteiger partial charge in [-0.2, -0.15) is 0 Å². The van der Waals surface area contributed by atoms with Crippen LogP contribution in [-0.2, 0) is 4.79 Å². The van der Waals surface area contributed by atoms with E-state index in [0.29, 0.717) is 11.3 Å². The zero-order chi connectivity index (χ0) is 17.5. The third-order valence-corrected chi connectivity index (χ3v) is 8.02. The molecule has 2 heteroatoms. The molecule has 0 spiro atoms. The largest absolute Gasteiger partial charge is 0.478 e. The van der Waals surface area contributed by atoms with Crippen LogP contribution in [0.4, 0.5) is 0 Å². The molecule has 23 heavy (non-hydrogen) atoms. The summed E-state index contributed by atoms with van der Waals surface area (Å²) in [5, 5.41) is 8.97. The minimum Gasteiger partial charge on any atom is -0.478 e. The fraction of sp³-hybridized carbons (Fsp3) is 0.762. The van der Waals surface area contributed by atoms with Crippen molar-refractivity contribution < 1.29 is 9.90 Å². The molecule has 4 atom stereocenters. The molecule has 0 radical (unpaired) electrons. The Morgan fingerprint density at radius 3 is 2.61 bits per heavy atom. The Bertz CT molecular complexity index is 544. The van der Waals surface area contributed by atoms with Crippen LogP contribution in [0.1, 0.15) is 80.1 Å². The molecular formula is C21H34O2. The number of rotatable bonds is 4. The molecule has 0 aromatic heterocycles. The van der Waals surface area contributed by atoms with Crippen molar-refractivity contribution in [3.8, 4) is 0 Å². The van der Waals surface area contributed by atoms with Gasteiger partial charge in [0.1, 0.15) is 0 Å². The van der Waals surface area contributed by atoms with Crippen molar-refractivity contribution in [2.45, 2.75) is 80.1 Å². The minimum atomic E-state index is -0.822. The van der Waals surface area contributed by atoms with Crippen molar-refractivity contribution in [3.63, 3.8) is 0 Å². The van der Waals surface area contributed by atoms with Gasteiger partial charge < -0.3 is 5.11 Å². The SMILES string of the molecule is CC(=CC(=O)O)CCC1(C)C(C)CCC2(C)C(C)=CCCC21C. The van der Waals surface area contributed by atoms with Crippen molar-refractivity contribution in [1.82, 2.24) is 0 Å². The topological polar surface area (TPSA) is 37.3 Å². The average molecular weight is 319 g/mol. The summed E-state index contributed by atoms with van der Waals surface area (Å²) < 4.78 is 0. The van der Waals surface area contributed by atoms with Crippen LogP contribution < -0.4 is 0 Å². The van der Waals surface area contributed by atoms with Crippen molar-refractivity contribution in [2.24, 2.45) is 22.2 Å². The Hall–Kier alpha value is -1.05. The van der Waals surface area contributed by atoms with Gasteiger partial charge in [0, 0.05) is 6.08 Å². The number of hydrogen-bond donors (Lipinski definition) is 1. The molecule has 0 aromatic carbocycles. The van der Waals surface area contributed by atoms with Gasteiger partial charge in [0.2, 0.25) is 0 Å². The first kappa shape index (κ1) is 18.3. The number of carboxylic acid groups (broad SMARTS) is 1. The zero-order valence-electron chi connectivity index (χ0n) is 15.8. The van der Waals surface area contributed by atoms with E-state index in [1.54, 1.807) is 5.57 Å². The van der Waals surface area contributed by atoms with Crippen molar-refractivity contribution in [3.05, 3.63) is 23.3 Å². The second-order valence-electron chi connectivity index (χ2n) is 8.78. The van der Waals surface area contributed by atoms with E-state index in [0.717, 1.165) is 18.4 Å². The first-order valence-corrected chi connectivity index (χ1v) is 9.14. The monoisotopic (exact) mass is 318 g/mol. The van der Waals surface area contributed by atoms with E-state index < -0.39 is 5.97 Å². The van der Waals surface area contributed by atoms with Gasteiger partial charge in [0.15, 0.2) is 0 Å². The number of aliphatic carboxylic acids is 1. The fourth-order valence-corrected chi connectivity index (χ4v) is 5.53. The number of carbonyl (C=O) groups is 1. The maximum atomic E-state index is 10.9. The van der Waals surface area contributed by atoms with Gasteiger partial charge >= 0.3 is 5.97 Å². The molecule has 4 unspecified atom stereocenters. The smallest absolute Gasteiger partial charge is 0.328 e. The third kappa shape index (κ3) is 2.79. The van der Waals surface area contributed by atoms with Gasteiger partial charge in [0.25, 0.3) is 0 Å². The molecule has 1 N–H and O–H groups in total. The molecule has 130 valence electrons. The quantitative estimate of drug-likeness (QED) is 0.511. The molecule has 2 aliphatic carbocycles. The minimum absolute atomic E-state index is 0.253. The van der Waals surface area contributed by atoms with Crippen LogP contribution in [0.5, 0.6) is 0 Å². The lowest BCUT2D eigenvalue weighted by Crippen LogP contribution is -2.57. The summed E-state index contributed by atoms with van der Waals surface area (Å²) >= 11 is 0. The maximum Gasteiger partial charge on any atom is 0.328 e. The van der Waals surface area contributed by atoms with E-state index >= 15 is 0 Å². The molecule has 2 aliphatic rings. The molecule has 2 nitrogen and oxygen atoms in total. The molecule has 1 saturated carbocycles. The normalized spacial score (nSPS) is 41.2. The van der Waals surface area contributed by atoms with E-state index in [1.807, 2.05) is 6.92 Å². The van der Waals surface area contributed by atoms with Crippen LogP contribution in [0.2, 0.25) is 0 Å². The van der Waals surface area contributed by atoms with Crippen LogP contribution in [0.25, 0.3) is 0 Å². The van der Waals surface area contributed by atoms with Crippen molar-refractivity contribution in [1.29, 1.82) is 0 Å². The Labute approximate surface area is 142 Å². The van der Waals surface area contributed by atoms with E-state index in [1.165, 1.54) is 31.8 Å². The lowest BCUT2D eigenvalue weighted by Gasteiger charge is -2.65. The summed E-state index contributed by atoms with van der Waals surface area (Å²) in [5.74, 6) is -0.138. The molecule has 0 saturated heterocycles. The summed E-state index contributed by atoms with van der Waals surface area (Å²) in [6, 6.07) is 0. The van der Waals surface area contributed by atoms with Gasteiger partial charge in [0.05, 0.1) is 0 Å². The van der Waals surface area contributed by atoms with Crippen molar-refractivity contribution in [2.75, 3.05) is 0 Å². The molecule has 0 aromatic rings. The number of allylic oxidation sites excluding steroid dienone is 3. The summed E-state index contributed by atoms with van der Waals surface area (Å²) in [5.41, 5.74) is 3.40. The van der Waals surface area contributed by atoms with Crippen LogP contribution in [-0.4, -0.2) is 11.1 Å². The first-order valence-electron chi connectivity index (χ1n) is 9.14. The highest BCUT2D eigenvalue weighted by Gasteiger charge is 2.60. The fourth-order valence-electron chi connectivity index (χ4n) is 5.53. The maximum absolute atomic E-state index is 10.9. The lowest BCUT2D eigenvalue weighted by molar-refractivity contribution is -0.131. The molecule has 0 aliphatic heterocycles. The second kappa shape index (κ2) is 6.11. The molecule has 1 fully saturated rings. The van der Waals surface area contributed by atoms with E-state index in [9.17, 15) is 4.79 Å². The molecule has 0 bridgehead atoms. The Morgan fingerprint density at radius 2 is 2.00 bits per heavy atom. The van der Waals surface area contributed by atoms with Crippen LogP contribution in [0, 0.1) is 22.2 Å². The summed E-state index contributed by atoms with van der Waals surface area (Å²) in [6.07, 6.45) is 10.8. The van der Waals surface area contributed by atoms with Gasteiger partial charge in [-0.3, -0.25) is 0 Å². The van der Waals surface area contributed by atoms with Crippen LogP contribution in [0.15, 0.2) is 23.3 Å². The summed E-state index contributed by atoms with van der Waals surface area (Å²) in [4.78, 5) is 10.9. The highest BCUT2D eigenvalue weighted by molar-refractivity contribution is 5.80. The first-order chi connectivity index (χ1) is 10.6. The van der Waals surface area contributed by atoms with E-state index in [2.05, 4.69) is 40.7 Å². The number of fused-ring (bicyclic) bond motifs is 1. The van der Waals surface area contributed by atoms with Crippen LogP contribution in [0.3, 0.4) is 0 Å². The highest BCUT2D eigenvalue weighted by Crippen LogP contribution is 2.69. The summed E-state index contributed by atoms with van der Waals surface area (Å²) in [7, 11) is 0. The Morgan fingerprint density at radius 1 is 1.35 bits per heavy atom. The Balaban J connectivity index is 2.34. The van der Waals surface area contributed by atoms with Gasteiger partial charge in [-0.05, 0) is 74.5 Å². The molecule has 0 amide bonds. The van der Waals surface area contributed by atoms with Gasteiger partial charge in [-0.15, -0.1) is 0 Å². The highest BCUT2D eigenvalue weighted by atomic mass is 16.4. The standard InChI is InChI=1S/C21H34O2/c1-15(14-18(22)23)9-12-19(4)17(3)10-13-20(5)16(2)8-7-11-21(19,20)6/h8,14,17H,7,9-13H2,1-6H3,(H,22,23). The lowest BCUT2D eigenvalue weighted by atomic mass is 9.39. The second-order valence-corrected chi connectivity index (χ2v) is 8.78. The summed E-state index contributed by atoms with van der Waals surface area (Å²) in [6.45, 7) is 14.1. The average Bonchev–Trinajstić information content (AvgIpc) is 2.46. The van der Waals surface area contributed by atoms with Crippen molar-refractivity contribution >= 4 is 5.97 Å². The zero-order valence-corrected chi connectivity index (χ0v) is 15.8.